The molecule has 6 heteroatoms. The van der Waals surface area contributed by atoms with E-state index in [2.05, 4.69) is 4.98 Å². The fourth-order valence-electron chi connectivity index (χ4n) is 2.93. The second-order valence-electron chi connectivity index (χ2n) is 7.15. The largest absolute Gasteiger partial charge is 0.503 e. The molecular weight excluding hydrogens is 352 g/mol. The number of hydrogen-bond acceptors (Lipinski definition) is 4. The van der Waals surface area contributed by atoms with Crippen LogP contribution in [0, 0.1) is 5.41 Å². The lowest BCUT2D eigenvalue weighted by molar-refractivity contribution is -0.123. The summed E-state index contributed by atoms with van der Waals surface area (Å²) in [5.74, 6) is -1.46. The van der Waals surface area contributed by atoms with E-state index < -0.39 is 23.1 Å². The van der Waals surface area contributed by atoms with E-state index in [1.54, 1.807) is 69.4 Å². The fraction of sp³-hybridized carbons (Fsp3) is 0.250. The van der Waals surface area contributed by atoms with Gasteiger partial charge in [-0.15, -0.1) is 0 Å². The van der Waals surface area contributed by atoms with Crippen LogP contribution in [-0.4, -0.2) is 21.8 Å². The van der Waals surface area contributed by atoms with Gasteiger partial charge in [0.1, 0.15) is 6.04 Å². The Morgan fingerprint density at radius 1 is 1.15 bits per heavy atom. The first-order valence-corrected chi connectivity index (χ1v) is 8.57. The van der Waals surface area contributed by atoms with Crippen LogP contribution < -0.4 is 4.90 Å². The van der Waals surface area contributed by atoms with E-state index in [9.17, 15) is 14.7 Å². The van der Waals surface area contributed by atoms with Crippen LogP contribution in [0.4, 0.5) is 5.69 Å². The number of carbonyl (C=O) groups excluding carboxylic acids is 2. The zero-order valence-electron chi connectivity index (χ0n) is 14.7. The molecule has 0 bridgehead atoms. The highest BCUT2D eigenvalue weighted by molar-refractivity contribution is 6.30. The molecule has 2 aromatic rings. The number of Topliss-reactive ketones (excluding diaryl/α,β-unsaturated/α-hetero) is 1. The van der Waals surface area contributed by atoms with Gasteiger partial charge in [0.05, 0.1) is 11.3 Å². The molecule has 5 nitrogen and oxygen atoms in total. The van der Waals surface area contributed by atoms with Crippen molar-refractivity contribution < 1.29 is 14.7 Å². The maximum Gasteiger partial charge on any atom is 0.294 e. The lowest BCUT2D eigenvalue weighted by Crippen LogP contribution is -2.33. The van der Waals surface area contributed by atoms with Gasteiger partial charge in [-0.05, 0) is 36.4 Å². The molecule has 1 unspecified atom stereocenters. The summed E-state index contributed by atoms with van der Waals surface area (Å²) in [6.45, 7) is 5.25. The molecule has 1 N–H and O–H groups in total. The zero-order chi connectivity index (χ0) is 19.1. The van der Waals surface area contributed by atoms with Crippen LogP contribution in [0.2, 0.25) is 5.02 Å². The molecular formula is C20H19ClN2O3. The molecule has 1 aromatic heterocycles. The topological polar surface area (TPSA) is 70.5 Å². The lowest BCUT2D eigenvalue weighted by Gasteiger charge is -2.28. The van der Waals surface area contributed by atoms with Gasteiger partial charge in [0.15, 0.2) is 11.5 Å². The predicted octanol–water partition coefficient (Wildman–Crippen LogP) is 4.25. The number of aliphatic hydroxyl groups is 1. The third-order valence-electron chi connectivity index (χ3n) is 4.21. The Morgan fingerprint density at radius 2 is 1.81 bits per heavy atom. The summed E-state index contributed by atoms with van der Waals surface area (Å²) in [6.07, 6.45) is 1.59. The number of hydrogen-bond donors (Lipinski definition) is 1. The standard InChI is InChI=1S/C20H19ClN2O3/c1-20(2,3)18(25)15-16(14-6-4-5-11-22-14)23(19(26)17(15)24)13-9-7-12(21)8-10-13/h4-11,16,24H,1-3H3. The summed E-state index contributed by atoms with van der Waals surface area (Å²) < 4.78 is 0. The molecule has 0 saturated carbocycles. The number of rotatable bonds is 3. The van der Waals surface area contributed by atoms with E-state index in [4.69, 9.17) is 11.6 Å². The normalized spacial score (nSPS) is 17.8. The van der Waals surface area contributed by atoms with Crippen LogP contribution >= 0.6 is 11.6 Å². The van der Waals surface area contributed by atoms with Crippen LogP contribution in [0.15, 0.2) is 60.0 Å². The molecule has 0 aliphatic carbocycles. The predicted molar refractivity (Wildman–Crippen MR) is 100 cm³/mol. The molecule has 0 spiro atoms. The summed E-state index contributed by atoms with van der Waals surface area (Å²) in [4.78, 5) is 31.5. The first-order valence-electron chi connectivity index (χ1n) is 8.20. The van der Waals surface area contributed by atoms with Crippen molar-refractivity contribution in [3.05, 3.63) is 70.7 Å². The summed E-state index contributed by atoms with van der Waals surface area (Å²) in [6, 6.07) is 11.1. The van der Waals surface area contributed by atoms with Gasteiger partial charge in [0.2, 0.25) is 0 Å². The molecule has 0 saturated heterocycles. The Morgan fingerprint density at radius 3 is 2.35 bits per heavy atom. The molecule has 134 valence electrons. The van der Waals surface area contributed by atoms with Gasteiger partial charge in [0.25, 0.3) is 5.91 Å². The van der Waals surface area contributed by atoms with Gasteiger partial charge >= 0.3 is 0 Å². The molecule has 1 aliphatic rings. The number of aromatic nitrogens is 1. The highest BCUT2D eigenvalue weighted by atomic mass is 35.5. The average Bonchev–Trinajstić information content (AvgIpc) is 2.86. The molecule has 1 aliphatic heterocycles. The highest BCUT2D eigenvalue weighted by Crippen LogP contribution is 2.42. The number of nitrogens with zero attached hydrogens (tertiary/aromatic N) is 2. The van der Waals surface area contributed by atoms with Crippen LogP contribution in [0.25, 0.3) is 0 Å². The smallest absolute Gasteiger partial charge is 0.294 e. The van der Waals surface area contributed by atoms with Gasteiger partial charge in [-0.3, -0.25) is 19.5 Å². The Bertz CT molecular complexity index is 884. The Kier molecular flexibility index (Phi) is 4.59. The summed E-state index contributed by atoms with van der Waals surface area (Å²) in [5, 5.41) is 11.0. The maximum absolute atomic E-state index is 13.0. The average molecular weight is 371 g/mol. The Balaban J connectivity index is 2.19. The molecule has 2 heterocycles. The van der Waals surface area contributed by atoms with Crippen LogP contribution in [-0.2, 0) is 9.59 Å². The van der Waals surface area contributed by atoms with Crippen molar-refractivity contribution in [3.8, 4) is 0 Å². The van der Waals surface area contributed by atoms with Crippen molar-refractivity contribution in [2.75, 3.05) is 4.90 Å². The zero-order valence-corrected chi connectivity index (χ0v) is 15.5. The van der Waals surface area contributed by atoms with E-state index in [1.165, 1.54) is 4.90 Å². The second-order valence-corrected chi connectivity index (χ2v) is 7.59. The first-order chi connectivity index (χ1) is 12.2. The maximum atomic E-state index is 13.0. The fourth-order valence-corrected chi connectivity index (χ4v) is 3.05. The number of carbonyl (C=O) groups is 2. The van der Waals surface area contributed by atoms with Gasteiger partial charge in [-0.2, -0.15) is 0 Å². The number of pyridine rings is 1. The minimum absolute atomic E-state index is 0.0659. The highest BCUT2D eigenvalue weighted by Gasteiger charge is 2.47. The molecule has 0 radical (unpaired) electrons. The van der Waals surface area contributed by atoms with Crippen molar-refractivity contribution in [2.24, 2.45) is 5.41 Å². The van der Waals surface area contributed by atoms with Crippen LogP contribution in [0.5, 0.6) is 0 Å². The van der Waals surface area contributed by atoms with Gasteiger partial charge in [0, 0.05) is 22.3 Å². The lowest BCUT2D eigenvalue weighted by atomic mass is 9.83. The van der Waals surface area contributed by atoms with Gasteiger partial charge in [-0.1, -0.05) is 38.4 Å². The first kappa shape index (κ1) is 18.1. The summed E-state index contributed by atoms with van der Waals surface area (Å²) in [5.41, 5.74) is 0.342. The second kappa shape index (κ2) is 6.57. The molecule has 3 rings (SSSR count). The number of aliphatic hydroxyl groups excluding tert-OH is 1. The van der Waals surface area contributed by atoms with Crippen LogP contribution in [0.3, 0.4) is 0 Å². The molecule has 1 amide bonds. The van der Waals surface area contributed by atoms with E-state index in [1.807, 2.05) is 0 Å². The van der Waals surface area contributed by atoms with Crippen LogP contribution in [0.1, 0.15) is 32.5 Å². The quantitative estimate of drug-likeness (QED) is 0.876. The Labute approximate surface area is 156 Å². The number of anilines is 1. The van der Waals surface area contributed by atoms with E-state index in [0.29, 0.717) is 16.4 Å². The Hall–Kier alpha value is -2.66. The number of halogens is 1. The number of amides is 1. The third kappa shape index (κ3) is 3.10. The van der Waals surface area contributed by atoms with Crippen molar-refractivity contribution in [1.29, 1.82) is 0 Å². The molecule has 0 fully saturated rings. The van der Waals surface area contributed by atoms with Crippen molar-refractivity contribution >= 4 is 29.0 Å². The number of benzene rings is 1. The van der Waals surface area contributed by atoms with Crippen molar-refractivity contribution in [1.82, 2.24) is 4.98 Å². The molecule has 1 atom stereocenters. The van der Waals surface area contributed by atoms with E-state index >= 15 is 0 Å². The summed E-state index contributed by atoms with van der Waals surface area (Å²) >= 11 is 5.95. The third-order valence-corrected chi connectivity index (χ3v) is 4.46. The van der Waals surface area contributed by atoms with Gasteiger partial charge in [-0.25, -0.2) is 0 Å². The van der Waals surface area contributed by atoms with Crippen molar-refractivity contribution in [2.45, 2.75) is 26.8 Å². The SMILES string of the molecule is CC(C)(C)C(=O)C1=C(O)C(=O)N(c2ccc(Cl)cc2)C1c1ccccn1. The van der Waals surface area contributed by atoms with Gasteiger partial charge < -0.3 is 5.11 Å². The number of ketones is 1. The molecule has 26 heavy (non-hydrogen) atoms. The summed E-state index contributed by atoms with van der Waals surface area (Å²) in [7, 11) is 0. The monoisotopic (exact) mass is 370 g/mol. The van der Waals surface area contributed by atoms with E-state index in [-0.39, 0.29) is 11.4 Å². The minimum Gasteiger partial charge on any atom is -0.503 e. The minimum atomic E-state index is -0.795. The molecule has 1 aromatic carbocycles. The van der Waals surface area contributed by atoms with E-state index in [0.717, 1.165) is 0 Å². The van der Waals surface area contributed by atoms with Crippen molar-refractivity contribution in [3.63, 3.8) is 0 Å².